The van der Waals surface area contributed by atoms with Crippen molar-refractivity contribution in [3.8, 4) is 0 Å². The summed E-state index contributed by atoms with van der Waals surface area (Å²) < 4.78 is 0. The normalized spacial score (nSPS) is 23.1. The molecule has 5 nitrogen and oxygen atoms in total. The van der Waals surface area contributed by atoms with Crippen molar-refractivity contribution in [2.24, 2.45) is 11.8 Å². The third-order valence-corrected chi connectivity index (χ3v) is 8.52. The SMILES string of the molecule is CC(=O)N(CCN1C(=O)[C@H]2C3c4ccccc4C(c4ccccc43)[C@@H]2C1=O)c1cccc2ccccc12. The lowest BCUT2D eigenvalue weighted by Crippen LogP contribution is -2.41. The Morgan fingerprint density at radius 2 is 1.19 bits per heavy atom. The van der Waals surface area contributed by atoms with Gasteiger partial charge in [0, 0.05) is 37.2 Å². The number of fused-ring (bicyclic) bond motifs is 1. The standard InChI is InChI=1S/C32H26N2O3/c1-19(35)33(26-16-8-10-20-9-2-3-11-21(20)26)17-18-34-31(36)29-27-22-12-4-5-13-23(22)28(30(29)32(34)37)25-15-7-6-14-24(25)27/h2-16,27-30H,17-18H2,1H3/t27?,28?,29-,30-/m0/s1. The quantitative estimate of drug-likeness (QED) is 0.378. The van der Waals surface area contributed by atoms with Gasteiger partial charge in [-0.15, -0.1) is 0 Å². The van der Waals surface area contributed by atoms with Crippen LogP contribution in [0.4, 0.5) is 5.69 Å². The van der Waals surface area contributed by atoms with E-state index in [0.717, 1.165) is 38.7 Å². The summed E-state index contributed by atoms with van der Waals surface area (Å²) in [6, 6.07) is 30.3. The van der Waals surface area contributed by atoms with E-state index in [-0.39, 0.29) is 42.6 Å². The van der Waals surface area contributed by atoms with Gasteiger partial charge in [0.25, 0.3) is 0 Å². The molecule has 182 valence electrons. The zero-order valence-corrected chi connectivity index (χ0v) is 20.5. The molecule has 3 aliphatic carbocycles. The third-order valence-electron chi connectivity index (χ3n) is 8.52. The summed E-state index contributed by atoms with van der Waals surface area (Å²) in [6.07, 6.45) is 0. The maximum atomic E-state index is 13.9. The van der Waals surface area contributed by atoms with Crippen LogP contribution >= 0.6 is 0 Å². The molecule has 1 aliphatic heterocycles. The van der Waals surface area contributed by atoms with Crippen molar-refractivity contribution in [3.05, 3.63) is 113 Å². The summed E-state index contributed by atoms with van der Waals surface area (Å²) in [5.41, 5.74) is 5.45. The van der Waals surface area contributed by atoms with Crippen molar-refractivity contribution in [3.63, 3.8) is 0 Å². The highest BCUT2D eigenvalue weighted by Gasteiger charge is 2.61. The lowest BCUT2D eigenvalue weighted by atomic mass is 9.55. The van der Waals surface area contributed by atoms with E-state index >= 15 is 0 Å². The molecule has 3 amide bonds. The molecule has 1 fully saturated rings. The lowest BCUT2D eigenvalue weighted by Gasteiger charge is -2.45. The van der Waals surface area contributed by atoms with Gasteiger partial charge in [0.2, 0.25) is 17.7 Å². The third kappa shape index (κ3) is 3.07. The molecule has 0 unspecified atom stereocenters. The van der Waals surface area contributed by atoms with Gasteiger partial charge < -0.3 is 4.90 Å². The van der Waals surface area contributed by atoms with Crippen LogP contribution in [0.1, 0.15) is 41.0 Å². The summed E-state index contributed by atoms with van der Waals surface area (Å²) in [6.45, 7) is 1.97. The number of benzene rings is 4. The van der Waals surface area contributed by atoms with Gasteiger partial charge in [-0.2, -0.15) is 0 Å². The number of carbonyl (C=O) groups is 3. The van der Waals surface area contributed by atoms with Crippen LogP contribution in [0.3, 0.4) is 0 Å². The minimum absolute atomic E-state index is 0.115. The van der Waals surface area contributed by atoms with Crippen molar-refractivity contribution >= 4 is 34.2 Å². The van der Waals surface area contributed by atoms with Crippen LogP contribution in [-0.2, 0) is 14.4 Å². The van der Waals surface area contributed by atoms with Gasteiger partial charge in [-0.3, -0.25) is 19.3 Å². The highest BCUT2D eigenvalue weighted by molar-refractivity contribution is 6.08. The van der Waals surface area contributed by atoms with E-state index in [4.69, 9.17) is 0 Å². The molecule has 37 heavy (non-hydrogen) atoms. The largest absolute Gasteiger partial charge is 0.310 e. The fourth-order valence-corrected chi connectivity index (χ4v) is 7.05. The number of hydrogen-bond donors (Lipinski definition) is 0. The lowest BCUT2D eigenvalue weighted by molar-refractivity contribution is -0.140. The Hall–Kier alpha value is -4.25. The monoisotopic (exact) mass is 486 g/mol. The number of carbonyl (C=O) groups excluding carboxylic acids is 3. The van der Waals surface area contributed by atoms with Crippen molar-refractivity contribution in [1.82, 2.24) is 4.90 Å². The molecule has 0 saturated carbocycles. The predicted octanol–water partition coefficient (Wildman–Crippen LogP) is 5.08. The maximum Gasteiger partial charge on any atom is 0.234 e. The van der Waals surface area contributed by atoms with Gasteiger partial charge in [-0.1, -0.05) is 84.9 Å². The van der Waals surface area contributed by atoms with Crippen LogP contribution in [0.2, 0.25) is 0 Å². The number of amides is 3. The molecule has 0 radical (unpaired) electrons. The summed E-state index contributed by atoms with van der Waals surface area (Å²) in [5.74, 6) is -1.38. The number of rotatable bonds is 4. The molecule has 4 aliphatic rings. The maximum absolute atomic E-state index is 13.9. The van der Waals surface area contributed by atoms with Crippen molar-refractivity contribution in [2.45, 2.75) is 18.8 Å². The van der Waals surface area contributed by atoms with E-state index in [2.05, 4.69) is 24.3 Å². The molecule has 5 heteroatoms. The Balaban J connectivity index is 1.24. The van der Waals surface area contributed by atoms with E-state index < -0.39 is 11.8 Å². The number of hydrogen-bond acceptors (Lipinski definition) is 3. The average Bonchev–Trinajstić information content (AvgIpc) is 3.18. The summed E-state index contributed by atoms with van der Waals surface area (Å²) in [7, 11) is 0. The number of anilines is 1. The van der Waals surface area contributed by atoms with Crippen LogP contribution in [0.25, 0.3) is 10.8 Å². The summed E-state index contributed by atoms with van der Waals surface area (Å²) in [4.78, 5) is 43.6. The van der Waals surface area contributed by atoms with E-state index in [9.17, 15) is 14.4 Å². The molecule has 2 bridgehead atoms. The van der Waals surface area contributed by atoms with Gasteiger partial charge in [0.05, 0.1) is 17.5 Å². The van der Waals surface area contributed by atoms with Gasteiger partial charge in [0.15, 0.2) is 0 Å². The predicted molar refractivity (Wildman–Crippen MR) is 142 cm³/mol. The Morgan fingerprint density at radius 3 is 1.73 bits per heavy atom. The minimum atomic E-state index is -0.398. The fourth-order valence-electron chi connectivity index (χ4n) is 7.05. The van der Waals surface area contributed by atoms with Crippen molar-refractivity contribution in [2.75, 3.05) is 18.0 Å². The van der Waals surface area contributed by atoms with Gasteiger partial charge in [0.1, 0.15) is 0 Å². The van der Waals surface area contributed by atoms with Crippen LogP contribution in [0.15, 0.2) is 91.0 Å². The van der Waals surface area contributed by atoms with Crippen molar-refractivity contribution in [1.29, 1.82) is 0 Å². The molecule has 8 rings (SSSR count). The second kappa shape index (κ2) is 8.13. The molecule has 0 N–H and O–H groups in total. The number of imide groups is 1. The first-order valence-corrected chi connectivity index (χ1v) is 12.8. The first-order chi connectivity index (χ1) is 18.1. The first-order valence-electron chi connectivity index (χ1n) is 12.8. The zero-order valence-electron chi connectivity index (χ0n) is 20.5. The highest BCUT2D eigenvalue weighted by Crippen LogP contribution is 2.60. The topological polar surface area (TPSA) is 57.7 Å². The van der Waals surface area contributed by atoms with Crippen LogP contribution in [0.5, 0.6) is 0 Å². The minimum Gasteiger partial charge on any atom is -0.310 e. The molecule has 4 aromatic rings. The first kappa shape index (κ1) is 22.0. The summed E-state index contributed by atoms with van der Waals surface area (Å²) in [5, 5.41) is 2.01. The van der Waals surface area contributed by atoms with Gasteiger partial charge in [-0.25, -0.2) is 0 Å². The molecular weight excluding hydrogens is 460 g/mol. The number of likely N-dealkylation sites (tertiary alicyclic amines) is 1. The smallest absolute Gasteiger partial charge is 0.234 e. The van der Waals surface area contributed by atoms with Crippen molar-refractivity contribution < 1.29 is 14.4 Å². The number of nitrogens with zero attached hydrogens (tertiary/aromatic N) is 2. The highest BCUT2D eigenvalue weighted by atomic mass is 16.2. The molecular formula is C32H26N2O3. The van der Waals surface area contributed by atoms with Crippen LogP contribution < -0.4 is 4.90 Å². The van der Waals surface area contributed by atoms with Crippen LogP contribution in [0, 0.1) is 11.8 Å². The Kier molecular flexibility index (Phi) is 4.83. The Bertz CT molecular complexity index is 1490. The Morgan fingerprint density at radius 1 is 0.703 bits per heavy atom. The van der Waals surface area contributed by atoms with E-state index in [1.54, 1.807) is 4.90 Å². The summed E-state index contributed by atoms with van der Waals surface area (Å²) >= 11 is 0. The Labute approximate surface area is 215 Å². The molecule has 2 atom stereocenters. The van der Waals surface area contributed by atoms with E-state index in [0.29, 0.717) is 0 Å². The molecule has 1 heterocycles. The zero-order chi connectivity index (χ0) is 25.3. The second-order valence-electron chi connectivity index (χ2n) is 10.3. The van der Waals surface area contributed by atoms with E-state index in [1.807, 2.05) is 66.7 Å². The fraction of sp³-hybridized carbons (Fsp3) is 0.219. The average molecular weight is 487 g/mol. The van der Waals surface area contributed by atoms with Crippen LogP contribution in [-0.4, -0.2) is 35.7 Å². The second-order valence-corrected chi connectivity index (χ2v) is 10.3. The van der Waals surface area contributed by atoms with Gasteiger partial charge >= 0.3 is 0 Å². The van der Waals surface area contributed by atoms with E-state index in [1.165, 1.54) is 11.8 Å². The molecule has 4 aromatic carbocycles. The molecule has 1 saturated heterocycles. The molecule has 0 aromatic heterocycles. The molecule has 0 spiro atoms. The van der Waals surface area contributed by atoms with Gasteiger partial charge in [-0.05, 0) is 33.7 Å².